The third-order valence-corrected chi connectivity index (χ3v) is 6.64. The molecular formula is C22H21BrCl2N2O3S. The lowest BCUT2D eigenvalue weighted by Crippen LogP contribution is -2.19. The molecule has 1 saturated heterocycles. The normalized spacial score (nSPS) is 17.2. The second-order valence-electron chi connectivity index (χ2n) is 6.65. The number of nitrogens with one attached hydrogen (secondary N) is 1. The summed E-state index contributed by atoms with van der Waals surface area (Å²) >= 11 is 17.0. The van der Waals surface area contributed by atoms with Gasteiger partial charge in [-0.15, -0.1) is 0 Å². The number of benzene rings is 2. The molecule has 1 atom stereocenters. The van der Waals surface area contributed by atoms with E-state index in [-0.39, 0.29) is 12.0 Å². The summed E-state index contributed by atoms with van der Waals surface area (Å²) in [5, 5.41) is 3.93. The Balaban J connectivity index is 1.89. The van der Waals surface area contributed by atoms with E-state index >= 15 is 0 Å². The molecule has 3 rings (SSSR count). The summed E-state index contributed by atoms with van der Waals surface area (Å²) in [4.78, 5) is 17.4. The van der Waals surface area contributed by atoms with E-state index in [4.69, 9.17) is 32.7 Å². The van der Waals surface area contributed by atoms with Crippen molar-refractivity contribution in [3.63, 3.8) is 0 Å². The molecule has 2 aromatic rings. The molecule has 1 fully saturated rings. The summed E-state index contributed by atoms with van der Waals surface area (Å²) in [6, 6.07) is 8.92. The molecule has 1 heterocycles. The average Bonchev–Trinajstić information content (AvgIpc) is 3.07. The molecule has 5 nitrogen and oxygen atoms in total. The highest BCUT2D eigenvalue weighted by atomic mass is 79.9. The van der Waals surface area contributed by atoms with Gasteiger partial charge in [-0.25, -0.2) is 4.99 Å². The molecule has 9 heteroatoms. The Kier molecular flexibility index (Phi) is 8.33. The van der Waals surface area contributed by atoms with E-state index in [0.717, 1.165) is 16.5 Å². The lowest BCUT2D eigenvalue weighted by atomic mass is 10.1. The first kappa shape index (κ1) is 24.0. The van der Waals surface area contributed by atoms with Crippen LogP contribution in [0.15, 0.2) is 44.7 Å². The van der Waals surface area contributed by atoms with Gasteiger partial charge in [-0.1, -0.05) is 36.2 Å². The molecule has 1 N–H and O–H groups in total. The van der Waals surface area contributed by atoms with E-state index in [2.05, 4.69) is 33.2 Å². The van der Waals surface area contributed by atoms with Crippen LogP contribution in [0.1, 0.15) is 32.8 Å². The van der Waals surface area contributed by atoms with Crippen molar-refractivity contribution in [2.24, 2.45) is 4.99 Å². The highest BCUT2D eigenvalue weighted by molar-refractivity contribution is 9.10. The smallest absolute Gasteiger partial charge is 0.264 e. The van der Waals surface area contributed by atoms with Gasteiger partial charge in [-0.05, 0) is 83.9 Å². The van der Waals surface area contributed by atoms with Crippen molar-refractivity contribution in [3.8, 4) is 11.5 Å². The molecule has 1 amide bonds. The lowest BCUT2D eigenvalue weighted by molar-refractivity contribution is -0.115. The minimum atomic E-state index is -0.240. The first-order chi connectivity index (χ1) is 14.8. The number of amidine groups is 1. The quantitative estimate of drug-likeness (QED) is 0.374. The molecular weight excluding hydrogens is 523 g/mol. The fourth-order valence-electron chi connectivity index (χ4n) is 2.65. The van der Waals surface area contributed by atoms with Gasteiger partial charge in [-0.2, -0.15) is 0 Å². The summed E-state index contributed by atoms with van der Waals surface area (Å²) in [5.74, 6) is 1.03. The number of ether oxygens (including phenoxy) is 2. The molecule has 1 aliphatic rings. The van der Waals surface area contributed by atoms with Crippen LogP contribution in [0.3, 0.4) is 0 Å². The molecule has 0 aliphatic carbocycles. The van der Waals surface area contributed by atoms with E-state index in [1.54, 1.807) is 24.3 Å². The van der Waals surface area contributed by atoms with Crippen LogP contribution in [0.2, 0.25) is 10.0 Å². The fraction of sp³-hybridized carbons (Fsp3) is 0.273. The van der Waals surface area contributed by atoms with Gasteiger partial charge in [0.05, 0.1) is 37.8 Å². The van der Waals surface area contributed by atoms with Gasteiger partial charge in [0.15, 0.2) is 16.7 Å². The van der Waals surface area contributed by atoms with Crippen LogP contribution in [-0.2, 0) is 4.79 Å². The van der Waals surface area contributed by atoms with Crippen molar-refractivity contribution in [3.05, 3.63) is 55.3 Å². The number of hydrogen-bond acceptors (Lipinski definition) is 5. The number of carbonyl (C=O) groups excluding carboxylic acids is 1. The molecule has 1 aliphatic heterocycles. The van der Waals surface area contributed by atoms with E-state index in [1.165, 1.54) is 11.8 Å². The largest absolute Gasteiger partial charge is 0.490 e. The maximum absolute atomic E-state index is 12.5. The number of amides is 1. The molecule has 164 valence electrons. The van der Waals surface area contributed by atoms with Crippen molar-refractivity contribution >= 4 is 73.7 Å². The zero-order valence-corrected chi connectivity index (χ0v) is 21.1. The highest BCUT2D eigenvalue weighted by Crippen LogP contribution is 2.40. The molecule has 0 bridgehead atoms. The predicted octanol–water partition coefficient (Wildman–Crippen LogP) is 7.22. The zero-order valence-electron chi connectivity index (χ0n) is 17.2. The van der Waals surface area contributed by atoms with Crippen molar-refractivity contribution in [2.45, 2.75) is 33.3 Å². The minimum absolute atomic E-state index is 0.0490. The number of rotatable bonds is 7. The molecule has 0 saturated carbocycles. The van der Waals surface area contributed by atoms with E-state index in [0.29, 0.717) is 43.9 Å². The first-order valence-electron chi connectivity index (χ1n) is 9.69. The second-order valence-corrected chi connectivity index (χ2v) is 9.32. The predicted molar refractivity (Wildman–Crippen MR) is 133 cm³/mol. The summed E-state index contributed by atoms with van der Waals surface area (Å²) in [6.07, 6.45) is 2.70. The van der Waals surface area contributed by atoms with Crippen molar-refractivity contribution in [1.82, 2.24) is 5.32 Å². The maximum Gasteiger partial charge on any atom is 0.264 e. The first-order valence-corrected chi connectivity index (χ1v) is 12.1. The Morgan fingerprint density at radius 1 is 1.29 bits per heavy atom. The topological polar surface area (TPSA) is 59.9 Å². The van der Waals surface area contributed by atoms with Crippen LogP contribution in [0, 0.1) is 0 Å². The minimum Gasteiger partial charge on any atom is -0.490 e. The van der Waals surface area contributed by atoms with E-state index in [9.17, 15) is 4.79 Å². The van der Waals surface area contributed by atoms with Crippen molar-refractivity contribution in [2.75, 3.05) is 6.61 Å². The fourth-order valence-corrected chi connectivity index (χ4v) is 4.38. The van der Waals surface area contributed by atoms with Crippen LogP contribution < -0.4 is 14.8 Å². The average molecular weight is 544 g/mol. The van der Waals surface area contributed by atoms with Gasteiger partial charge in [0.1, 0.15) is 0 Å². The Morgan fingerprint density at radius 3 is 2.77 bits per heavy atom. The Morgan fingerprint density at radius 2 is 2.06 bits per heavy atom. The monoisotopic (exact) mass is 542 g/mol. The van der Waals surface area contributed by atoms with Gasteiger partial charge < -0.3 is 14.8 Å². The molecule has 0 aromatic heterocycles. The second kappa shape index (κ2) is 10.8. The van der Waals surface area contributed by atoms with Gasteiger partial charge in [0.2, 0.25) is 0 Å². The molecule has 0 radical (unpaired) electrons. The SMILES string of the molecule is CCOc1cc(/C=C2/SC(=Nc3cccc(Cl)c3Cl)NC2=O)cc(Br)c1O[C@H](C)CC. The van der Waals surface area contributed by atoms with Crippen LogP contribution >= 0.6 is 50.9 Å². The highest BCUT2D eigenvalue weighted by Gasteiger charge is 2.25. The number of carbonyl (C=O) groups is 1. The zero-order chi connectivity index (χ0) is 22.5. The van der Waals surface area contributed by atoms with Gasteiger partial charge in [0, 0.05) is 0 Å². The van der Waals surface area contributed by atoms with Crippen LogP contribution in [0.5, 0.6) is 11.5 Å². The maximum atomic E-state index is 12.5. The van der Waals surface area contributed by atoms with Gasteiger partial charge in [0.25, 0.3) is 5.91 Å². The molecule has 31 heavy (non-hydrogen) atoms. The third-order valence-electron chi connectivity index (χ3n) is 4.33. The summed E-state index contributed by atoms with van der Waals surface area (Å²) < 4.78 is 12.5. The van der Waals surface area contributed by atoms with Crippen molar-refractivity contribution in [1.29, 1.82) is 0 Å². The van der Waals surface area contributed by atoms with Crippen LogP contribution in [-0.4, -0.2) is 23.8 Å². The third kappa shape index (κ3) is 5.98. The molecule has 0 spiro atoms. The molecule has 2 aromatic carbocycles. The standard InChI is InChI=1S/C22H21BrCl2N2O3S/c1-4-12(3)30-20-14(23)9-13(10-17(20)29-5-2)11-18-21(28)27-22(31-18)26-16-8-6-7-15(24)19(16)25/h6-12H,4-5H2,1-3H3,(H,26,27,28)/b18-11+/t12-/m1/s1. The summed E-state index contributed by atoms with van der Waals surface area (Å²) in [7, 11) is 0. The summed E-state index contributed by atoms with van der Waals surface area (Å²) in [6.45, 7) is 6.47. The van der Waals surface area contributed by atoms with Crippen molar-refractivity contribution < 1.29 is 14.3 Å². The number of halogens is 3. The summed E-state index contributed by atoms with van der Waals surface area (Å²) in [5.41, 5.74) is 1.29. The van der Waals surface area contributed by atoms with Crippen LogP contribution in [0.25, 0.3) is 6.08 Å². The number of hydrogen-bond donors (Lipinski definition) is 1. The van der Waals surface area contributed by atoms with Gasteiger partial charge in [-0.3, -0.25) is 4.79 Å². The Hall–Kier alpha value is -1.67. The number of nitrogens with zero attached hydrogens (tertiary/aromatic N) is 1. The molecule has 0 unspecified atom stereocenters. The Bertz CT molecular complexity index is 1060. The van der Waals surface area contributed by atoms with E-state index in [1.807, 2.05) is 26.0 Å². The van der Waals surface area contributed by atoms with E-state index < -0.39 is 0 Å². The number of aliphatic imine (C=N–C) groups is 1. The Labute approximate surface area is 204 Å². The van der Waals surface area contributed by atoms with Crippen LogP contribution in [0.4, 0.5) is 5.69 Å². The lowest BCUT2D eigenvalue weighted by Gasteiger charge is -2.18. The number of thioether (sulfide) groups is 1. The van der Waals surface area contributed by atoms with Gasteiger partial charge >= 0.3 is 0 Å².